The molecule has 0 aliphatic heterocycles. The standard InChI is InChI=1S/C18H19ClN2O3/c1-23-15-8-3-12(11-16(15)24-2)9-10-21-18(22)17(20)13-4-6-14(19)7-5-13/h3-8,11,20H,9-10H2,1-2H3,(H,21,22). The Labute approximate surface area is 146 Å². The lowest BCUT2D eigenvalue weighted by atomic mass is 10.1. The summed E-state index contributed by atoms with van der Waals surface area (Å²) in [6.45, 7) is 0.421. The number of hydrogen-bond donors (Lipinski definition) is 2. The van der Waals surface area contributed by atoms with E-state index in [0.29, 0.717) is 35.1 Å². The number of nitrogens with one attached hydrogen (secondary N) is 2. The van der Waals surface area contributed by atoms with Gasteiger partial charge in [0.1, 0.15) is 5.71 Å². The molecule has 6 heteroatoms. The normalized spacial score (nSPS) is 10.1. The Morgan fingerprint density at radius 1 is 1.08 bits per heavy atom. The summed E-state index contributed by atoms with van der Waals surface area (Å²) in [5, 5.41) is 11.2. The van der Waals surface area contributed by atoms with Crippen LogP contribution in [-0.2, 0) is 11.2 Å². The number of rotatable bonds is 7. The van der Waals surface area contributed by atoms with E-state index >= 15 is 0 Å². The van der Waals surface area contributed by atoms with Crippen molar-refractivity contribution in [3.05, 3.63) is 58.6 Å². The second kappa shape index (κ2) is 8.36. The molecule has 0 bridgehead atoms. The van der Waals surface area contributed by atoms with Gasteiger partial charge in [-0.25, -0.2) is 0 Å². The van der Waals surface area contributed by atoms with Gasteiger partial charge in [0.05, 0.1) is 14.2 Å². The van der Waals surface area contributed by atoms with Crippen molar-refractivity contribution >= 4 is 23.2 Å². The van der Waals surface area contributed by atoms with Gasteiger partial charge in [-0.1, -0.05) is 29.8 Å². The molecule has 1 amide bonds. The zero-order valence-corrected chi connectivity index (χ0v) is 14.3. The predicted molar refractivity (Wildman–Crippen MR) is 94.5 cm³/mol. The predicted octanol–water partition coefficient (Wildman–Crippen LogP) is 3.08. The van der Waals surface area contributed by atoms with Gasteiger partial charge in [0.25, 0.3) is 5.91 Å². The molecule has 0 radical (unpaired) electrons. The molecule has 126 valence electrons. The summed E-state index contributed by atoms with van der Waals surface area (Å²) >= 11 is 5.80. The lowest BCUT2D eigenvalue weighted by Crippen LogP contribution is -2.32. The van der Waals surface area contributed by atoms with E-state index in [2.05, 4.69) is 5.32 Å². The minimum absolute atomic E-state index is 0.0843. The van der Waals surface area contributed by atoms with Gasteiger partial charge in [0.2, 0.25) is 0 Å². The van der Waals surface area contributed by atoms with Gasteiger partial charge in [-0.05, 0) is 36.2 Å². The smallest absolute Gasteiger partial charge is 0.269 e. The molecule has 2 rings (SSSR count). The highest BCUT2D eigenvalue weighted by atomic mass is 35.5. The summed E-state index contributed by atoms with van der Waals surface area (Å²) in [5.74, 6) is 0.892. The Balaban J connectivity index is 1.90. The minimum atomic E-state index is -0.419. The van der Waals surface area contributed by atoms with E-state index in [1.165, 1.54) is 0 Å². The van der Waals surface area contributed by atoms with E-state index in [4.69, 9.17) is 26.5 Å². The highest BCUT2D eigenvalue weighted by Crippen LogP contribution is 2.27. The third kappa shape index (κ3) is 4.49. The molecule has 0 spiro atoms. The lowest BCUT2D eigenvalue weighted by Gasteiger charge is -2.10. The van der Waals surface area contributed by atoms with E-state index in [9.17, 15) is 4.79 Å². The minimum Gasteiger partial charge on any atom is -0.493 e. The van der Waals surface area contributed by atoms with Crippen LogP contribution in [0.25, 0.3) is 0 Å². The van der Waals surface area contributed by atoms with Crippen molar-refractivity contribution in [1.82, 2.24) is 5.32 Å². The first kappa shape index (κ1) is 17.8. The average molecular weight is 347 g/mol. The van der Waals surface area contributed by atoms with Crippen LogP contribution in [0.2, 0.25) is 5.02 Å². The lowest BCUT2D eigenvalue weighted by molar-refractivity contribution is -0.114. The quantitative estimate of drug-likeness (QED) is 0.757. The van der Waals surface area contributed by atoms with Crippen LogP contribution in [0.3, 0.4) is 0 Å². The molecule has 2 N–H and O–H groups in total. The van der Waals surface area contributed by atoms with Crippen molar-refractivity contribution in [1.29, 1.82) is 5.41 Å². The van der Waals surface area contributed by atoms with Crippen molar-refractivity contribution in [2.45, 2.75) is 6.42 Å². The molecule has 2 aromatic carbocycles. The second-order valence-electron chi connectivity index (χ2n) is 5.08. The van der Waals surface area contributed by atoms with Crippen molar-refractivity contribution in [3.8, 4) is 11.5 Å². The number of amides is 1. The molecule has 0 heterocycles. The summed E-state index contributed by atoms with van der Waals surface area (Å²) in [4.78, 5) is 12.0. The molecule has 2 aromatic rings. The van der Waals surface area contributed by atoms with Crippen LogP contribution in [0.4, 0.5) is 0 Å². The Kier molecular flexibility index (Phi) is 6.21. The monoisotopic (exact) mass is 346 g/mol. The van der Waals surface area contributed by atoms with Crippen LogP contribution in [0.1, 0.15) is 11.1 Å². The second-order valence-corrected chi connectivity index (χ2v) is 5.51. The summed E-state index contributed by atoms with van der Waals surface area (Å²) in [5.41, 5.74) is 1.45. The molecular weight excluding hydrogens is 328 g/mol. The molecule has 0 unspecified atom stereocenters. The zero-order chi connectivity index (χ0) is 17.5. The van der Waals surface area contributed by atoms with Crippen molar-refractivity contribution < 1.29 is 14.3 Å². The maximum Gasteiger partial charge on any atom is 0.269 e. The van der Waals surface area contributed by atoms with Gasteiger partial charge < -0.3 is 14.8 Å². The first-order valence-corrected chi connectivity index (χ1v) is 7.76. The fourth-order valence-corrected chi connectivity index (χ4v) is 2.32. The van der Waals surface area contributed by atoms with Gasteiger partial charge in [-0.3, -0.25) is 10.2 Å². The highest BCUT2D eigenvalue weighted by Gasteiger charge is 2.11. The molecule has 0 aliphatic carbocycles. The summed E-state index contributed by atoms with van der Waals surface area (Å²) in [6, 6.07) is 12.2. The van der Waals surface area contributed by atoms with Gasteiger partial charge in [-0.15, -0.1) is 0 Å². The topological polar surface area (TPSA) is 71.4 Å². The molecule has 0 saturated heterocycles. The first-order chi connectivity index (χ1) is 11.5. The van der Waals surface area contributed by atoms with Gasteiger partial charge in [-0.2, -0.15) is 0 Å². The van der Waals surface area contributed by atoms with E-state index in [0.717, 1.165) is 5.56 Å². The molecule has 0 aliphatic rings. The van der Waals surface area contributed by atoms with Crippen molar-refractivity contribution in [2.24, 2.45) is 0 Å². The van der Waals surface area contributed by atoms with Gasteiger partial charge in [0, 0.05) is 17.1 Å². The average Bonchev–Trinajstić information content (AvgIpc) is 2.61. The van der Waals surface area contributed by atoms with E-state index in [1.807, 2.05) is 18.2 Å². The number of methoxy groups -OCH3 is 2. The summed E-state index contributed by atoms with van der Waals surface area (Å²) < 4.78 is 10.4. The third-order valence-corrected chi connectivity index (χ3v) is 3.76. The number of carbonyl (C=O) groups excluding carboxylic acids is 1. The summed E-state index contributed by atoms with van der Waals surface area (Å²) in [7, 11) is 3.16. The Morgan fingerprint density at radius 3 is 2.38 bits per heavy atom. The molecule has 0 fully saturated rings. The van der Waals surface area contributed by atoms with Gasteiger partial charge >= 0.3 is 0 Å². The number of benzene rings is 2. The first-order valence-electron chi connectivity index (χ1n) is 7.38. The Hall–Kier alpha value is -2.53. The number of hydrogen-bond acceptors (Lipinski definition) is 4. The number of carbonyl (C=O) groups is 1. The van der Waals surface area contributed by atoms with Crippen LogP contribution in [0.5, 0.6) is 11.5 Å². The van der Waals surface area contributed by atoms with Crippen LogP contribution in [0, 0.1) is 5.41 Å². The van der Waals surface area contributed by atoms with Crippen LogP contribution in [-0.4, -0.2) is 32.4 Å². The Morgan fingerprint density at radius 2 is 1.75 bits per heavy atom. The molecule has 0 saturated carbocycles. The molecular formula is C18H19ClN2O3. The van der Waals surface area contributed by atoms with Crippen LogP contribution >= 0.6 is 11.6 Å². The number of ether oxygens (including phenoxy) is 2. The fourth-order valence-electron chi connectivity index (χ4n) is 2.19. The fraction of sp³-hybridized carbons (Fsp3) is 0.222. The third-order valence-electron chi connectivity index (χ3n) is 3.51. The number of halogens is 1. The van der Waals surface area contributed by atoms with E-state index in [1.54, 1.807) is 38.5 Å². The van der Waals surface area contributed by atoms with Crippen molar-refractivity contribution in [2.75, 3.05) is 20.8 Å². The molecule has 0 atom stereocenters. The maximum absolute atomic E-state index is 12.0. The highest BCUT2D eigenvalue weighted by molar-refractivity contribution is 6.44. The zero-order valence-electron chi connectivity index (χ0n) is 13.6. The van der Waals surface area contributed by atoms with E-state index in [-0.39, 0.29) is 5.71 Å². The SMILES string of the molecule is COc1ccc(CCNC(=O)C(=N)c2ccc(Cl)cc2)cc1OC. The van der Waals surface area contributed by atoms with Crippen LogP contribution in [0.15, 0.2) is 42.5 Å². The molecule has 24 heavy (non-hydrogen) atoms. The van der Waals surface area contributed by atoms with Crippen molar-refractivity contribution in [3.63, 3.8) is 0 Å². The molecule has 0 aromatic heterocycles. The van der Waals surface area contributed by atoms with Gasteiger partial charge in [0.15, 0.2) is 11.5 Å². The molecule has 5 nitrogen and oxygen atoms in total. The van der Waals surface area contributed by atoms with E-state index < -0.39 is 5.91 Å². The Bertz CT molecular complexity index is 730. The largest absolute Gasteiger partial charge is 0.493 e. The van der Waals surface area contributed by atoms with Crippen LogP contribution < -0.4 is 14.8 Å². The summed E-state index contributed by atoms with van der Waals surface area (Å²) in [6.07, 6.45) is 0.625. The maximum atomic E-state index is 12.0.